The van der Waals surface area contributed by atoms with E-state index in [0.717, 1.165) is 30.2 Å². The number of anilines is 2. The molecule has 4 N–H and O–H groups in total. The molecule has 0 amide bonds. The van der Waals surface area contributed by atoms with E-state index in [4.69, 9.17) is 15.9 Å². The van der Waals surface area contributed by atoms with Crippen LogP contribution in [0.5, 0.6) is 5.75 Å². The van der Waals surface area contributed by atoms with Crippen molar-refractivity contribution in [2.75, 3.05) is 30.4 Å². The number of methoxy groups -OCH3 is 1. The molecule has 1 aliphatic heterocycles. The predicted molar refractivity (Wildman–Crippen MR) is 74.6 cm³/mol. The molecule has 0 aromatic heterocycles. The molecular formula is C13H20N4O. The molecule has 0 spiro atoms. The summed E-state index contributed by atoms with van der Waals surface area (Å²) < 4.78 is 5.43. The zero-order valence-corrected chi connectivity index (χ0v) is 10.7. The third-order valence-electron chi connectivity index (χ3n) is 3.16. The van der Waals surface area contributed by atoms with Crippen LogP contribution in [0.3, 0.4) is 0 Å². The third kappa shape index (κ3) is 2.85. The number of hydrogen-bond acceptors (Lipinski definition) is 3. The Bertz CT molecular complexity index is 427. The molecular weight excluding hydrogens is 228 g/mol. The standard InChI is InChI=1S/C13H20N4O/c1-18-12-9-10(16-13(14)15)5-6-11(12)17-7-3-2-4-8-17/h5-6,9H,2-4,7-8H2,1H3,(H4,14,15,16). The van der Waals surface area contributed by atoms with Crippen molar-refractivity contribution in [3.8, 4) is 5.75 Å². The summed E-state index contributed by atoms with van der Waals surface area (Å²) in [6, 6.07) is 5.83. The Balaban J connectivity index is 2.21. The smallest absolute Gasteiger partial charge is 0.190 e. The van der Waals surface area contributed by atoms with Crippen molar-refractivity contribution in [1.29, 1.82) is 5.41 Å². The van der Waals surface area contributed by atoms with Crippen LogP contribution in [-0.4, -0.2) is 26.2 Å². The van der Waals surface area contributed by atoms with Crippen LogP contribution in [-0.2, 0) is 0 Å². The molecule has 0 aliphatic carbocycles. The zero-order valence-electron chi connectivity index (χ0n) is 10.7. The highest BCUT2D eigenvalue weighted by Gasteiger charge is 2.15. The Labute approximate surface area is 107 Å². The molecule has 0 bridgehead atoms. The first-order valence-electron chi connectivity index (χ1n) is 6.25. The van der Waals surface area contributed by atoms with Gasteiger partial charge in [0.1, 0.15) is 5.75 Å². The van der Waals surface area contributed by atoms with E-state index in [1.165, 1.54) is 19.3 Å². The third-order valence-corrected chi connectivity index (χ3v) is 3.16. The average molecular weight is 248 g/mol. The van der Waals surface area contributed by atoms with Crippen LogP contribution in [0.1, 0.15) is 19.3 Å². The molecule has 1 aromatic carbocycles. The normalized spacial score (nSPS) is 15.3. The number of guanidine groups is 1. The van der Waals surface area contributed by atoms with Crippen LogP contribution in [0.2, 0.25) is 0 Å². The summed E-state index contributed by atoms with van der Waals surface area (Å²) in [7, 11) is 1.67. The summed E-state index contributed by atoms with van der Waals surface area (Å²) in [6.45, 7) is 2.16. The van der Waals surface area contributed by atoms with E-state index in [-0.39, 0.29) is 5.96 Å². The fraction of sp³-hybridized carbons (Fsp3) is 0.462. The number of piperidine rings is 1. The predicted octanol–water partition coefficient (Wildman–Crippen LogP) is 1.99. The zero-order chi connectivity index (χ0) is 13.0. The van der Waals surface area contributed by atoms with E-state index >= 15 is 0 Å². The molecule has 1 saturated heterocycles. The lowest BCUT2D eigenvalue weighted by Crippen LogP contribution is -2.29. The van der Waals surface area contributed by atoms with Crippen molar-refractivity contribution >= 4 is 17.3 Å². The Kier molecular flexibility index (Phi) is 3.92. The molecule has 0 saturated carbocycles. The van der Waals surface area contributed by atoms with Crippen LogP contribution in [0.25, 0.3) is 0 Å². The number of nitrogens with one attached hydrogen (secondary N) is 2. The van der Waals surface area contributed by atoms with E-state index in [9.17, 15) is 0 Å². The van der Waals surface area contributed by atoms with E-state index in [0.29, 0.717) is 0 Å². The maximum absolute atomic E-state index is 7.22. The molecule has 1 fully saturated rings. The molecule has 1 aliphatic rings. The molecule has 0 atom stereocenters. The average Bonchev–Trinajstić information content (AvgIpc) is 2.39. The lowest BCUT2D eigenvalue weighted by molar-refractivity contribution is 0.413. The van der Waals surface area contributed by atoms with Crippen molar-refractivity contribution in [1.82, 2.24) is 0 Å². The molecule has 5 heteroatoms. The van der Waals surface area contributed by atoms with Gasteiger partial charge in [0.2, 0.25) is 0 Å². The minimum Gasteiger partial charge on any atom is -0.495 e. The van der Waals surface area contributed by atoms with Crippen LogP contribution < -0.4 is 20.7 Å². The highest BCUT2D eigenvalue weighted by atomic mass is 16.5. The van der Waals surface area contributed by atoms with Crippen LogP contribution in [0.15, 0.2) is 18.2 Å². The second kappa shape index (κ2) is 5.62. The first kappa shape index (κ1) is 12.5. The minimum absolute atomic E-state index is 0.0669. The molecule has 0 unspecified atom stereocenters. The van der Waals surface area contributed by atoms with Gasteiger partial charge in [0.05, 0.1) is 12.8 Å². The molecule has 5 nitrogen and oxygen atoms in total. The van der Waals surface area contributed by atoms with Crippen LogP contribution >= 0.6 is 0 Å². The Hall–Kier alpha value is -1.91. The van der Waals surface area contributed by atoms with Crippen molar-refractivity contribution in [2.45, 2.75) is 19.3 Å². The van der Waals surface area contributed by atoms with Gasteiger partial charge in [0.15, 0.2) is 5.96 Å². The number of hydrogen-bond donors (Lipinski definition) is 3. The summed E-state index contributed by atoms with van der Waals surface area (Å²) in [5.41, 5.74) is 7.21. The maximum atomic E-state index is 7.22. The van der Waals surface area contributed by atoms with Gasteiger partial charge < -0.3 is 20.7 Å². The van der Waals surface area contributed by atoms with E-state index < -0.39 is 0 Å². The van der Waals surface area contributed by atoms with Gasteiger partial charge in [-0.1, -0.05) is 0 Å². The Morgan fingerprint density at radius 2 is 2.06 bits per heavy atom. The lowest BCUT2D eigenvalue weighted by atomic mass is 10.1. The van der Waals surface area contributed by atoms with Crippen LogP contribution in [0, 0.1) is 5.41 Å². The van der Waals surface area contributed by atoms with Gasteiger partial charge in [-0.05, 0) is 31.4 Å². The molecule has 1 heterocycles. The molecule has 0 radical (unpaired) electrons. The second-order valence-electron chi connectivity index (χ2n) is 4.47. The number of ether oxygens (including phenoxy) is 1. The first-order chi connectivity index (χ1) is 8.70. The molecule has 1 aromatic rings. The van der Waals surface area contributed by atoms with Gasteiger partial charge in [-0.15, -0.1) is 0 Å². The van der Waals surface area contributed by atoms with Gasteiger partial charge >= 0.3 is 0 Å². The van der Waals surface area contributed by atoms with E-state index in [2.05, 4.69) is 10.2 Å². The highest BCUT2D eigenvalue weighted by Crippen LogP contribution is 2.32. The summed E-state index contributed by atoms with van der Waals surface area (Å²) in [5, 5.41) is 10.00. The minimum atomic E-state index is -0.0669. The van der Waals surface area contributed by atoms with Gasteiger partial charge in [-0.25, -0.2) is 0 Å². The number of rotatable bonds is 3. The van der Waals surface area contributed by atoms with Gasteiger partial charge in [0.25, 0.3) is 0 Å². The Morgan fingerprint density at radius 3 is 2.67 bits per heavy atom. The van der Waals surface area contributed by atoms with Crippen molar-refractivity contribution in [2.24, 2.45) is 5.73 Å². The van der Waals surface area contributed by atoms with E-state index in [1.54, 1.807) is 7.11 Å². The SMILES string of the molecule is COc1cc(NC(=N)N)ccc1N1CCCCC1. The summed E-state index contributed by atoms with van der Waals surface area (Å²) in [4.78, 5) is 2.35. The largest absolute Gasteiger partial charge is 0.495 e. The van der Waals surface area contributed by atoms with Gasteiger partial charge in [-0.3, -0.25) is 5.41 Å². The monoisotopic (exact) mass is 248 g/mol. The topological polar surface area (TPSA) is 74.4 Å². The molecule has 98 valence electrons. The number of benzene rings is 1. The van der Waals surface area contributed by atoms with Crippen molar-refractivity contribution in [3.63, 3.8) is 0 Å². The van der Waals surface area contributed by atoms with Crippen molar-refractivity contribution < 1.29 is 4.74 Å². The second-order valence-corrected chi connectivity index (χ2v) is 4.47. The lowest BCUT2D eigenvalue weighted by Gasteiger charge is -2.30. The molecule has 18 heavy (non-hydrogen) atoms. The highest BCUT2D eigenvalue weighted by molar-refractivity contribution is 5.90. The van der Waals surface area contributed by atoms with Gasteiger partial charge in [0, 0.05) is 24.8 Å². The summed E-state index contributed by atoms with van der Waals surface area (Å²) in [6.07, 6.45) is 3.77. The van der Waals surface area contributed by atoms with Crippen LogP contribution in [0.4, 0.5) is 11.4 Å². The first-order valence-corrected chi connectivity index (χ1v) is 6.25. The Morgan fingerprint density at radius 1 is 1.33 bits per heavy atom. The summed E-state index contributed by atoms with van der Waals surface area (Å²) in [5.74, 6) is 0.755. The van der Waals surface area contributed by atoms with Gasteiger partial charge in [-0.2, -0.15) is 0 Å². The number of nitrogens with zero attached hydrogens (tertiary/aromatic N) is 1. The summed E-state index contributed by atoms with van der Waals surface area (Å²) >= 11 is 0. The van der Waals surface area contributed by atoms with Crippen molar-refractivity contribution in [3.05, 3.63) is 18.2 Å². The fourth-order valence-electron chi connectivity index (χ4n) is 2.31. The quantitative estimate of drug-likeness (QED) is 0.565. The fourth-order valence-corrected chi connectivity index (χ4v) is 2.31. The van der Waals surface area contributed by atoms with E-state index in [1.807, 2.05) is 18.2 Å². The number of nitrogens with two attached hydrogens (primary N) is 1. The molecule has 2 rings (SSSR count). The maximum Gasteiger partial charge on any atom is 0.190 e.